The van der Waals surface area contributed by atoms with Crippen molar-refractivity contribution in [1.29, 1.82) is 0 Å². The van der Waals surface area contributed by atoms with Crippen molar-refractivity contribution in [2.24, 2.45) is 0 Å². The quantitative estimate of drug-likeness (QED) is 0.701. The number of nitrogens with zero attached hydrogens (tertiary/aromatic N) is 2. The highest BCUT2D eigenvalue weighted by Crippen LogP contribution is 2.29. The van der Waals surface area contributed by atoms with Gasteiger partial charge in [0.2, 0.25) is 0 Å². The highest BCUT2D eigenvalue weighted by molar-refractivity contribution is 5.96. The Kier molecular flexibility index (Phi) is 5.21. The van der Waals surface area contributed by atoms with Gasteiger partial charge in [-0.05, 0) is 42.5 Å². The fourth-order valence-electron chi connectivity index (χ4n) is 2.53. The van der Waals surface area contributed by atoms with E-state index in [1.807, 2.05) is 0 Å². The Morgan fingerprint density at radius 3 is 2.56 bits per heavy atom. The first-order valence-electron chi connectivity index (χ1n) is 8.20. The fourth-order valence-corrected chi connectivity index (χ4v) is 2.53. The van der Waals surface area contributed by atoms with Crippen molar-refractivity contribution in [3.63, 3.8) is 0 Å². The number of esters is 1. The molecule has 0 unspecified atom stereocenters. The van der Waals surface area contributed by atoms with Crippen LogP contribution in [0, 0.1) is 0 Å². The summed E-state index contributed by atoms with van der Waals surface area (Å²) in [7, 11) is 4.68. The standard InChI is InChI=1S/C20H19N3O4/c1-23(2)19(24)14-9-13(17-6-7-18(22-17)20(25)26-3)10-16(11-14)27-15-5-4-8-21-12-15/h4-12,22H,1-3H3. The van der Waals surface area contributed by atoms with Gasteiger partial charge in [0, 0.05) is 37.1 Å². The number of rotatable bonds is 5. The van der Waals surface area contributed by atoms with Crippen LogP contribution in [0.5, 0.6) is 11.5 Å². The molecule has 0 atom stereocenters. The van der Waals surface area contributed by atoms with E-state index in [2.05, 4.69) is 9.97 Å². The summed E-state index contributed by atoms with van der Waals surface area (Å²) >= 11 is 0. The molecule has 2 aromatic heterocycles. The van der Waals surface area contributed by atoms with Crippen LogP contribution in [0.4, 0.5) is 0 Å². The minimum Gasteiger partial charge on any atom is -0.464 e. The van der Waals surface area contributed by atoms with Crippen LogP contribution in [-0.4, -0.2) is 47.9 Å². The third kappa shape index (κ3) is 4.14. The molecule has 0 radical (unpaired) electrons. The first-order valence-corrected chi connectivity index (χ1v) is 8.20. The minimum absolute atomic E-state index is 0.160. The van der Waals surface area contributed by atoms with E-state index in [1.54, 1.807) is 69.0 Å². The molecule has 0 fully saturated rings. The second-order valence-electron chi connectivity index (χ2n) is 6.01. The van der Waals surface area contributed by atoms with E-state index in [0.717, 1.165) is 0 Å². The monoisotopic (exact) mass is 365 g/mol. The van der Waals surface area contributed by atoms with E-state index < -0.39 is 5.97 Å². The smallest absolute Gasteiger partial charge is 0.354 e. The SMILES string of the molecule is COC(=O)c1ccc(-c2cc(Oc3cccnc3)cc(C(=O)N(C)C)c2)[nH]1. The van der Waals surface area contributed by atoms with Crippen LogP contribution in [0.1, 0.15) is 20.8 Å². The Morgan fingerprint density at radius 2 is 1.89 bits per heavy atom. The molecule has 1 amide bonds. The van der Waals surface area contributed by atoms with Crippen molar-refractivity contribution in [2.45, 2.75) is 0 Å². The Morgan fingerprint density at radius 1 is 1.07 bits per heavy atom. The maximum Gasteiger partial charge on any atom is 0.354 e. The summed E-state index contributed by atoms with van der Waals surface area (Å²) in [5.74, 6) is 0.417. The van der Waals surface area contributed by atoms with Crippen molar-refractivity contribution < 1.29 is 19.1 Å². The Hall–Kier alpha value is -3.61. The average Bonchev–Trinajstić information content (AvgIpc) is 3.17. The minimum atomic E-state index is -0.464. The van der Waals surface area contributed by atoms with Gasteiger partial charge in [-0.3, -0.25) is 9.78 Å². The van der Waals surface area contributed by atoms with Gasteiger partial charge in [-0.1, -0.05) is 0 Å². The third-order valence-electron chi connectivity index (χ3n) is 3.83. The van der Waals surface area contributed by atoms with Crippen LogP contribution >= 0.6 is 0 Å². The van der Waals surface area contributed by atoms with E-state index in [9.17, 15) is 9.59 Å². The van der Waals surface area contributed by atoms with Crippen molar-refractivity contribution >= 4 is 11.9 Å². The molecule has 7 nitrogen and oxygen atoms in total. The summed E-state index contributed by atoms with van der Waals surface area (Å²) in [5.41, 5.74) is 2.16. The number of pyridine rings is 1. The third-order valence-corrected chi connectivity index (χ3v) is 3.83. The number of ether oxygens (including phenoxy) is 2. The second kappa shape index (κ2) is 7.74. The van der Waals surface area contributed by atoms with Crippen LogP contribution in [0.2, 0.25) is 0 Å². The Bertz CT molecular complexity index is 964. The molecule has 0 saturated carbocycles. The number of hydrogen-bond acceptors (Lipinski definition) is 5. The molecular weight excluding hydrogens is 346 g/mol. The maximum atomic E-state index is 12.5. The maximum absolute atomic E-state index is 12.5. The summed E-state index contributed by atoms with van der Waals surface area (Å²) in [4.78, 5) is 32.7. The molecule has 138 valence electrons. The number of aromatic amines is 1. The number of carbonyl (C=O) groups excluding carboxylic acids is 2. The average molecular weight is 365 g/mol. The molecule has 0 aliphatic heterocycles. The molecule has 0 saturated heterocycles. The lowest BCUT2D eigenvalue weighted by Crippen LogP contribution is -2.21. The van der Waals surface area contributed by atoms with Crippen molar-refractivity contribution in [2.75, 3.05) is 21.2 Å². The summed E-state index contributed by atoms with van der Waals surface area (Å²) in [6.45, 7) is 0. The molecule has 0 spiro atoms. The van der Waals surface area contributed by atoms with Gasteiger partial charge in [0.05, 0.1) is 13.3 Å². The van der Waals surface area contributed by atoms with Gasteiger partial charge in [-0.2, -0.15) is 0 Å². The summed E-state index contributed by atoms with van der Waals surface area (Å²) in [6.07, 6.45) is 3.24. The number of carbonyl (C=O) groups is 2. The van der Waals surface area contributed by atoms with E-state index in [4.69, 9.17) is 9.47 Å². The molecule has 27 heavy (non-hydrogen) atoms. The predicted octanol–water partition coefficient (Wildman–Crippen LogP) is 3.36. The summed E-state index contributed by atoms with van der Waals surface area (Å²) in [5, 5.41) is 0. The van der Waals surface area contributed by atoms with Gasteiger partial charge in [-0.25, -0.2) is 4.79 Å². The summed E-state index contributed by atoms with van der Waals surface area (Å²) < 4.78 is 10.6. The zero-order chi connectivity index (χ0) is 19.4. The number of benzene rings is 1. The highest BCUT2D eigenvalue weighted by Gasteiger charge is 2.15. The molecule has 0 aliphatic rings. The number of amides is 1. The molecular formula is C20H19N3O4. The molecule has 3 rings (SSSR count). The molecule has 1 N–H and O–H groups in total. The largest absolute Gasteiger partial charge is 0.464 e. The van der Waals surface area contributed by atoms with Gasteiger partial charge in [-0.15, -0.1) is 0 Å². The van der Waals surface area contributed by atoms with Crippen LogP contribution in [-0.2, 0) is 4.74 Å². The number of nitrogens with one attached hydrogen (secondary N) is 1. The van der Waals surface area contributed by atoms with Crippen molar-refractivity contribution in [3.8, 4) is 22.8 Å². The molecule has 2 heterocycles. The lowest BCUT2D eigenvalue weighted by molar-refractivity contribution is 0.0594. The fraction of sp³-hybridized carbons (Fsp3) is 0.150. The van der Waals surface area contributed by atoms with E-state index in [-0.39, 0.29) is 5.91 Å². The van der Waals surface area contributed by atoms with Crippen LogP contribution < -0.4 is 4.74 Å². The van der Waals surface area contributed by atoms with Crippen LogP contribution in [0.15, 0.2) is 54.9 Å². The Labute approximate surface area is 156 Å². The zero-order valence-electron chi connectivity index (χ0n) is 15.2. The first kappa shape index (κ1) is 18.2. The molecule has 0 aliphatic carbocycles. The number of H-pyrrole nitrogens is 1. The van der Waals surface area contributed by atoms with Gasteiger partial charge in [0.1, 0.15) is 17.2 Å². The van der Waals surface area contributed by atoms with Gasteiger partial charge >= 0.3 is 5.97 Å². The van der Waals surface area contributed by atoms with Crippen molar-refractivity contribution in [3.05, 3.63) is 66.1 Å². The van der Waals surface area contributed by atoms with Crippen LogP contribution in [0.25, 0.3) is 11.3 Å². The van der Waals surface area contributed by atoms with E-state index in [1.165, 1.54) is 12.0 Å². The second-order valence-corrected chi connectivity index (χ2v) is 6.01. The van der Waals surface area contributed by atoms with Gasteiger partial charge in [0.25, 0.3) is 5.91 Å². The topological polar surface area (TPSA) is 84.5 Å². The lowest BCUT2D eigenvalue weighted by Gasteiger charge is -2.13. The van der Waals surface area contributed by atoms with Gasteiger partial charge in [0.15, 0.2) is 0 Å². The van der Waals surface area contributed by atoms with Crippen LogP contribution in [0.3, 0.4) is 0 Å². The number of hydrogen-bond donors (Lipinski definition) is 1. The zero-order valence-corrected chi connectivity index (χ0v) is 15.2. The summed E-state index contributed by atoms with van der Waals surface area (Å²) in [6, 6.07) is 12.1. The van der Waals surface area contributed by atoms with Crippen molar-refractivity contribution in [1.82, 2.24) is 14.9 Å². The molecule has 3 aromatic rings. The molecule has 1 aromatic carbocycles. The predicted molar refractivity (Wildman–Crippen MR) is 99.9 cm³/mol. The van der Waals surface area contributed by atoms with E-state index >= 15 is 0 Å². The highest BCUT2D eigenvalue weighted by atomic mass is 16.5. The Balaban J connectivity index is 2.03. The number of aromatic nitrogens is 2. The number of methoxy groups -OCH3 is 1. The normalized spacial score (nSPS) is 10.3. The lowest BCUT2D eigenvalue weighted by atomic mass is 10.1. The first-order chi connectivity index (χ1) is 13.0. The molecule has 7 heteroatoms. The molecule has 0 bridgehead atoms. The van der Waals surface area contributed by atoms with E-state index in [0.29, 0.717) is 34.0 Å². The van der Waals surface area contributed by atoms with Gasteiger partial charge < -0.3 is 19.4 Å².